The van der Waals surface area contributed by atoms with E-state index in [1.165, 1.54) is 12.1 Å². The molecular formula is C13H14BrF3N2O. The number of carbonyl (C=O) groups is 1. The van der Waals surface area contributed by atoms with Crippen molar-refractivity contribution >= 4 is 21.8 Å². The van der Waals surface area contributed by atoms with Crippen LogP contribution in [0.25, 0.3) is 0 Å². The van der Waals surface area contributed by atoms with E-state index in [4.69, 9.17) is 0 Å². The molecule has 1 aliphatic rings. The van der Waals surface area contributed by atoms with Crippen LogP contribution in [-0.2, 0) is 6.18 Å². The number of hydrogen-bond acceptors (Lipinski definition) is 2. The zero-order valence-corrected chi connectivity index (χ0v) is 12.1. The van der Waals surface area contributed by atoms with Crippen LogP contribution >= 0.6 is 15.9 Å². The van der Waals surface area contributed by atoms with Crippen LogP contribution < -0.4 is 10.6 Å². The van der Waals surface area contributed by atoms with Crippen LogP contribution in [0.2, 0.25) is 0 Å². The Labute approximate surface area is 123 Å². The summed E-state index contributed by atoms with van der Waals surface area (Å²) in [4.78, 5) is 12.0. The lowest BCUT2D eigenvalue weighted by atomic mass is 10.0. The maximum atomic E-state index is 13.0. The van der Waals surface area contributed by atoms with E-state index in [1.54, 1.807) is 0 Å². The Bertz CT molecular complexity index is 499. The molecule has 1 saturated heterocycles. The third-order valence-corrected chi connectivity index (χ3v) is 3.66. The Morgan fingerprint density at radius 3 is 2.75 bits per heavy atom. The zero-order valence-electron chi connectivity index (χ0n) is 10.6. The molecule has 3 nitrogen and oxygen atoms in total. The van der Waals surface area contributed by atoms with Gasteiger partial charge in [-0.25, -0.2) is 0 Å². The topological polar surface area (TPSA) is 41.1 Å². The van der Waals surface area contributed by atoms with E-state index in [9.17, 15) is 18.0 Å². The Kier molecular flexibility index (Phi) is 4.70. The van der Waals surface area contributed by atoms with Crippen LogP contribution in [0.15, 0.2) is 22.7 Å². The van der Waals surface area contributed by atoms with Crippen molar-refractivity contribution in [2.45, 2.75) is 25.1 Å². The van der Waals surface area contributed by atoms with Gasteiger partial charge in [-0.15, -0.1) is 0 Å². The van der Waals surface area contributed by atoms with Crippen molar-refractivity contribution in [3.63, 3.8) is 0 Å². The quantitative estimate of drug-likeness (QED) is 0.860. The Balaban J connectivity index is 2.20. The van der Waals surface area contributed by atoms with Crippen LogP contribution in [0.4, 0.5) is 13.2 Å². The van der Waals surface area contributed by atoms with Crippen LogP contribution in [0, 0.1) is 0 Å². The summed E-state index contributed by atoms with van der Waals surface area (Å²) in [5, 5.41) is 5.75. The van der Waals surface area contributed by atoms with Crippen LogP contribution in [0.5, 0.6) is 0 Å². The molecule has 20 heavy (non-hydrogen) atoms. The van der Waals surface area contributed by atoms with E-state index in [2.05, 4.69) is 26.6 Å². The van der Waals surface area contributed by atoms with E-state index in [1.807, 2.05) is 0 Å². The Morgan fingerprint density at radius 1 is 1.40 bits per heavy atom. The largest absolute Gasteiger partial charge is 0.417 e. The summed E-state index contributed by atoms with van der Waals surface area (Å²) in [6.45, 7) is 1.46. The summed E-state index contributed by atoms with van der Waals surface area (Å²) >= 11 is 2.99. The predicted molar refractivity (Wildman–Crippen MR) is 72.5 cm³/mol. The molecule has 0 unspecified atom stereocenters. The Morgan fingerprint density at radius 2 is 2.15 bits per heavy atom. The summed E-state index contributed by atoms with van der Waals surface area (Å²) in [7, 11) is 0. The van der Waals surface area contributed by atoms with Gasteiger partial charge < -0.3 is 10.6 Å². The normalized spacial score (nSPS) is 19.7. The summed E-state index contributed by atoms with van der Waals surface area (Å²) in [5.41, 5.74) is -1.26. The first-order valence-corrected chi connectivity index (χ1v) is 7.05. The van der Waals surface area contributed by atoms with E-state index in [-0.39, 0.29) is 11.6 Å². The predicted octanol–water partition coefficient (Wildman–Crippen LogP) is 2.95. The molecule has 0 aromatic heterocycles. The lowest BCUT2D eigenvalue weighted by Crippen LogP contribution is -2.45. The average Bonchev–Trinajstić information content (AvgIpc) is 2.38. The molecule has 7 heteroatoms. The SMILES string of the molecule is O=C(N[C@@H]1CCCNC1)c1ccc(Br)cc1C(F)(F)F. The summed E-state index contributed by atoms with van der Waals surface area (Å²) in [6.07, 6.45) is -2.88. The molecule has 0 bridgehead atoms. The van der Waals surface area contributed by atoms with Crippen LogP contribution in [0.3, 0.4) is 0 Å². The molecule has 2 rings (SSSR count). The number of rotatable bonds is 2. The lowest BCUT2D eigenvalue weighted by molar-refractivity contribution is -0.138. The smallest absolute Gasteiger partial charge is 0.348 e. The minimum atomic E-state index is -4.55. The molecule has 1 heterocycles. The average molecular weight is 351 g/mol. The van der Waals surface area contributed by atoms with Gasteiger partial charge in [-0.1, -0.05) is 15.9 Å². The standard InChI is InChI=1S/C13H14BrF3N2O/c14-8-3-4-10(11(6-8)13(15,16)17)12(20)19-9-2-1-5-18-7-9/h3-4,6,9,18H,1-2,5,7H2,(H,19,20)/t9-/m1/s1. The number of benzene rings is 1. The first kappa shape index (κ1) is 15.3. The second-order valence-electron chi connectivity index (χ2n) is 4.70. The van der Waals surface area contributed by atoms with Gasteiger partial charge in [0.15, 0.2) is 0 Å². The highest BCUT2D eigenvalue weighted by Gasteiger charge is 2.35. The highest BCUT2D eigenvalue weighted by molar-refractivity contribution is 9.10. The van der Waals surface area contributed by atoms with E-state index in [0.29, 0.717) is 11.0 Å². The summed E-state index contributed by atoms with van der Waals surface area (Å²) in [5.74, 6) is -0.682. The molecule has 1 amide bonds. The van der Waals surface area contributed by atoms with Gasteiger partial charge in [0.1, 0.15) is 0 Å². The van der Waals surface area contributed by atoms with Crippen molar-refractivity contribution in [2.24, 2.45) is 0 Å². The molecular weight excluding hydrogens is 337 g/mol. The van der Waals surface area contributed by atoms with Crippen molar-refractivity contribution in [1.82, 2.24) is 10.6 Å². The number of amides is 1. The monoisotopic (exact) mass is 350 g/mol. The van der Waals surface area contributed by atoms with E-state index < -0.39 is 17.6 Å². The maximum absolute atomic E-state index is 13.0. The molecule has 0 spiro atoms. The molecule has 1 aromatic carbocycles. The maximum Gasteiger partial charge on any atom is 0.417 e. The van der Waals surface area contributed by atoms with E-state index in [0.717, 1.165) is 25.5 Å². The van der Waals surface area contributed by atoms with Crippen LogP contribution in [0.1, 0.15) is 28.8 Å². The number of halogens is 4. The van der Waals surface area contributed by atoms with Gasteiger partial charge in [0.05, 0.1) is 11.1 Å². The fraction of sp³-hybridized carbons (Fsp3) is 0.462. The zero-order chi connectivity index (χ0) is 14.8. The molecule has 1 fully saturated rings. The van der Waals surface area contributed by atoms with Crippen LogP contribution in [-0.4, -0.2) is 25.0 Å². The van der Waals surface area contributed by atoms with Gasteiger partial charge in [-0.3, -0.25) is 4.79 Å². The van der Waals surface area contributed by atoms with E-state index >= 15 is 0 Å². The summed E-state index contributed by atoms with van der Waals surface area (Å²) in [6, 6.07) is 3.43. The Hall–Kier alpha value is -1.08. The molecule has 1 aliphatic heterocycles. The lowest BCUT2D eigenvalue weighted by Gasteiger charge is -2.24. The number of hydrogen-bond donors (Lipinski definition) is 2. The summed E-state index contributed by atoms with van der Waals surface area (Å²) < 4.78 is 39.2. The molecule has 1 aromatic rings. The number of carbonyl (C=O) groups excluding carboxylic acids is 1. The van der Waals surface area contributed by atoms with Gasteiger partial charge in [0, 0.05) is 17.1 Å². The highest BCUT2D eigenvalue weighted by Crippen LogP contribution is 2.33. The molecule has 2 N–H and O–H groups in total. The first-order valence-electron chi connectivity index (χ1n) is 6.26. The highest BCUT2D eigenvalue weighted by atomic mass is 79.9. The third-order valence-electron chi connectivity index (χ3n) is 3.16. The van der Waals surface area contributed by atoms with Crippen molar-refractivity contribution in [1.29, 1.82) is 0 Å². The molecule has 1 atom stereocenters. The van der Waals surface area contributed by atoms with Gasteiger partial charge in [-0.05, 0) is 37.6 Å². The fourth-order valence-corrected chi connectivity index (χ4v) is 2.55. The second-order valence-corrected chi connectivity index (χ2v) is 5.62. The number of nitrogens with one attached hydrogen (secondary N) is 2. The molecule has 110 valence electrons. The van der Waals surface area contributed by atoms with Gasteiger partial charge in [0.25, 0.3) is 5.91 Å². The number of alkyl halides is 3. The minimum Gasteiger partial charge on any atom is -0.348 e. The second kappa shape index (κ2) is 6.13. The molecule has 0 radical (unpaired) electrons. The first-order chi connectivity index (χ1) is 9.38. The third kappa shape index (κ3) is 3.73. The minimum absolute atomic E-state index is 0.124. The van der Waals surface area contributed by atoms with Gasteiger partial charge in [0.2, 0.25) is 0 Å². The molecule has 0 saturated carbocycles. The van der Waals surface area contributed by atoms with Gasteiger partial charge >= 0.3 is 6.18 Å². The van der Waals surface area contributed by atoms with Crippen molar-refractivity contribution in [3.8, 4) is 0 Å². The number of piperidine rings is 1. The molecule has 0 aliphatic carbocycles. The van der Waals surface area contributed by atoms with Crippen molar-refractivity contribution < 1.29 is 18.0 Å². The van der Waals surface area contributed by atoms with Crippen molar-refractivity contribution in [2.75, 3.05) is 13.1 Å². The van der Waals surface area contributed by atoms with Crippen molar-refractivity contribution in [3.05, 3.63) is 33.8 Å². The fourth-order valence-electron chi connectivity index (χ4n) is 2.19. The van der Waals surface area contributed by atoms with Gasteiger partial charge in [-0.2, -0.15) is 13.2 Å².